The van der Waals surface area contributed by atoms with Gasteiger partial charge in [0.05, 0.1) is 5.54 Å². The second-order valence-corrected chi connectivity index (χ2v) is 8.63. The molecule has 0 aromatic heterocycles. The lowest BCUT2D eigenvalue weighted by atomic mass is 9.76. The summed E-state index contributed by atoms with van der Waals surface area (Å²) in [5.41, 5.74) is 5.07. The molecule has 2 aromatic rings. The molecule has 2 aliphatic heterocycles. The van der Waals surface area contributed by atoms with Crippen molar-refractivity contribution in [2.75, 3.05) is 13.2 Å². The Kier molecular flexibility index (Phi) is 3.43. The number of hydrogen-bond acceptors (Lipinski definition) is 3. The third kappa shape index (κ3) is 1.94. The first-order chi connectivity index (χ1) is 12.6. The van der Waals surface area contributed by atoms with Crippen molar-refractivity contribution in [3.05, 3.63) is 70.8 Å². The van der Waals surface area contributed by atoms with Crippen molar-refractivity contribution in [2.24, 2.45) is 5.92 Å². The number of aliphatic hydroxyl groups is 2. The van der Waals surface area contributed by atoms with E-state index in [4.69, 9.17) is 0 Å². The summed E-state index contributed by atoms with van der Waals surface area (Å²) >= 11 is 0. The molecular weight excluding hydrogens is 322 g/mol. The van der Waals surface area contributed by atoms with Gasteiger partial charge in [0.25, 0.3) is 0 Å². The lowest BCUT2D eigenvalue weighted by Crippen LogP contribution is -2.49. The second-order valence-electron chi connectivity index (χ2n) is 8.63. The van der Waals surface area contributed by atoms with Gasteiger partial charge >= 0.3 is 0 Å². The summed E-state index contributed by atoms with van der Waals surface area (Å²) in [6.45, 7) is 2.70. The fraction of sp³-hybridized carbons (Fsp3) is 0.478. The van der Waals surface area contributed by atoms with Crippen LogP contribution >= 0.6 is 0 Å². The summed E-state index contributed by atoms with van der Waals surface area (Å²) in [4.78, 5) is 0. The van der Waals surface area contributed by atoms with Crippen molar-refractivity contribution in [3.8, 4) is 0 Å². The van der Waals surface area contributed by atoms with Crippen LogP contribution < -0.4 is 5.32 Å². The maximum absolute atomic E-state index is 9.89. The quantitative estimate of drug-likeness (QED) is 0.795. The van der Waals surface area contributed by atoms with Gasteiger partial charge in [0.2, 0.25) is 0 Å². The molecule has 3 nitrogen and oxygen atoms in total. The molecule has 3 N–H and O–H groups in total. The summed E-state index contributed by atoms with van der Waals surface area (Å²) in [6.07, 6.45) is 3.72. The molecular formula is C23H27NO2. The molecule has 3 heteroatoms. The summed E-state index contributed by atoms with van der Waals surface area (Å²) in [6, 6.07) is 17.5. The van der Waals surface area contributed by atoms with Crippen LogP contribution in [-0.2, 0) is 16.5 Å². The minimum Gasteiger partial charge on any atom is -0.396 e. The van der Waals surface area contributed by atoms with Gasteiger partial charge in [0.15, 0.2) is 0 Å². The Morgan fingerprint density at radius 1 is 0.846 bits per heavy atom. The number of aliphatic hydroxyl groups excluding tert-OH is 2. The van der Waals surface area contributed by atoms with Crippen LogP contribution in [0.5, 0.6) is 0 Å². The first-order valence-electron chi connectivity index (χ1n) is 9.81. The average Bonchev–Trinajstić information content (AvgIpc) is 3.26. The van der Waals surface area contributed by atoms with Crippen LogP contribution in [0.3, 0.4) is 0 Å². The number of fused-ring (bicyclic) bond motifs is 9. The van der Waals surface area contributed by atoms with Crippen LogP contribution in [-0.4, -0.2) is 23.4 Å². The van der Waals surface area contributed by atoms with Crippen LogP contribution in [0.15, 0.2) is 48.5 Å². The number of nitrogens with one attached hydrogen (secondary N) is 1. The first-order valence-corrected chi connectivity index (χ1v) is 9.81. The van der Waals surface area contributed by atoms with E-state index >= 15 is 0 Å². The van der Waals surface area contributed by atoms with E-state index in [-0.39, 0.29) is 29.7 Å². The van der Waals surface area contributed by atoms with E-state index in [1.165, 1.54) is 22.3 Å². The van der Waals surface area contributed by atoms with Crippen LogP contribution in [0.4, 0.5) is 0 Å². The highest BCUT2D eigenvalue weighted by Gasteiger charge is 2.63. The topological polar surface area (TPSA) is 52.5 Å². The molecule has 0 amide bonds. The Balaban J connectivity index is 1.80. The van der Waals surface area contributed by atoms with E-state index in [1.54, 1.807) is 0 Å². The standard InChI is InChI=1S/C23H27NO2/c1-21-17-6-2-4-8-19(17)22(10-12-25)14-16(22)15-23(24-21,11-13-26)20-9-5-3-7-18(20)21/h2-9,16,24-26H,10-15H2,1H3/t16-,21-,22-,23+/m1/s1. The predicted octanol–water partition coefficient (Wildman–Crippen LogP) is 3.17. The molecule has 2 bridgehead atoms. The Morgan fingerprint density at radius 2 is 1.42 bits per heavy atom. The molecule has 0 saturated heterocycles. The number of rotatable bonds is 4. The van der Waals surface area contributed by atoms with Crippen LogP contribution in [0, 0.1) is 5.92 Å². The van der Waals surface area contributed by atoms with Gasteiger partial charge in [-0.05, 0) is 60.8 Å². The molecule has 2 heterocycles. The van der Waals surface area contributed by atoms with Gasteiger partial charge in [0.1, 0.15) is 0 Å². The third-order valence-electron chi connectivity index (χ3n) is 7.40. The van der Waals surface area contributed by atoms with Gasteiger partial charge in [-0.15, -0.1) is 0 Å². The largest absolute Gasteiger partial charge is 0.396 e. The van der Waals surface area contributed by atoms with Gasteiger partial charge < -0.3 is 10.2 Å². The molecule has 1 aliphatic carbocycles. The van der Waals surface area contributed by atoms with E-state index < -0.39 is 0 Å². The molecule has 1 saturated carbocycles. The van der Waals surface area contributed by atoms with E-state index in [9.17, 15) is 10.2 Å². The molecule has 5 rings (SSSR count). The molecule has 0 spiro atoms. The lowest BCUT2D eigenvalue weighted by Gasteiger charge is -2.40. The molecule has 0 radical (unpaired) electrons. The van der Waals surface area contributed by atoms with E-state index in [1.807, 2.05) is 0 Å². The van der Waals surface area contributed by atoms with Crippen LogP contribution in [0.2, 0.25) is 0 Å². The average molecular weight is 349 g/mol. The van der Waals surface area contributed by atoms with Gasteiger partial charge in [-0.1, -0.05) is 48.5 Å². The highest BCUT2D eigenvalue weighted by atomic mass is 16.3. The van der Waals surface area contributed by atoms with Gasteiger partial charge in [-0.2, -0.15) is 0 Å². The lowest BCUT2D eigenvalue weighted by molar-refractivity contribution is 0.170. The molecule has 0 unspecified atom stereocenters. The SMILES string of the molecule is C[C@@]12N[C@@](CCO)(C[C@H]3C[C@@]3(CCO)c3ccccc31)c1ccccc12. The Bertz CT molecular complexity index is 865. The van der Waals surface area contributed by atoms with Crippen molar-refractivity contribution in [1.29, 1.82) is 0 Å². The molecule has 3 aliphatic rings. The van der Waals surface area contributed by atoms with Crippen molar-refractivity contribution < 1.29 is 10.2 Å². The highest BCUT2D eigenvalue weighted by molar-refractivity contribution is 5.57. The maximum atomic E-state index is 9.89. The monoisotopic (exact) mass is 349 g/mol. The smallest absolute Gasteiger partial charge is 0.0675 e. The Morgan fingerprint density at radius 3 is 2.08 bits per heavy atom. The van der Waals surface area contributed by atoms with E-state index in [0.29, 0.717) is 5.92 Å². The van der Waals surface area contributed by atoms with Gasteiger partial charge in [-0.3, -0.25) is 5.32 Å². The zero-order valence-corrected chi connectivity index (χ0v) is 15.3. The molecule has 2 aromatic carbocycles. The van der Waals surface area contributed by atoms with E-state index in [2.05, 4.69) is 60.8 Å². The summed E-state index contributed by atoms with van der Waals surface area (Å²) in [5, 5.41) is 23.7. The summed E-state index contributed by atoms with van der Waals surface area (Å²) < 4.78 is 0. The maximum Gasteiger partial charge on any atom is 0.0675 e. The fourth-order valence-electron chi connectivity index (χ4n) is 6.21. The number of benzene rings is 2. The molecule has 136 valence electrons. The Hall–Kier alpha value is -1.68. The van der Waals surface area contributed by atoms with Crippen molar-refractivity contribution in [2.45, 2.75) is 49.1 Å². The molecule has 4 atom stereocenters. The summed E-state index contributed by atoms with van der Waals surface area (Å²) in [7, 11) is 0. The third-order valence-corrected chi connectivity index (χ3v) is 7.40. The van der Waals surface area contributed by atoms with Crippen LogP contribution in [0.25, 0.3) is 0 Å². The van der Waals surface area contributed by atoms with Gasteiger partial charge in [0, 0.05) is 24.2 Å². The van der Waals surface area contributed by atoms with Crippen LogP contribution in [0.1, 0.15) is 54.9 Å². The molecule has 26 heavy (non-hydrogen) atoms. The number of hydrogen-bond donors (Lipinski definition) is 3. The predicted molar refractivity (Wildman–Crippen MR) is 102 cm³/mol. The van der Waals surface area contributed by atoms with E-state index in [0.717, 1.165) is 25.7 Å². The zero-order chi connectivity index (χ0) is 18.0. The van der Waals surface area contributed by atoms with Crippen molar-refractivity contribution in [1.82, 2.24) is 5.32 Å². The van der Waals surface area contributed by atoms with Gasteiger partial charge in [-0.25, -0.2) is 0 Å². The normalized spacial score (nSPS) is 36.5. The minimum atomic E-state index is -0.266. The minimum absolute atomic E-state index is 0.0947. The van der Waals surface area contributed by atoms with Crippen molar-refractivity contribution in [3.63, 3.8) is 0 Å². The second kappa shape index (κ2) is 5.41. The first kappa shape index (κ1) is 16.5. The zero-order valence-electron chi connectivity index (χ0n) is 15.3. The summed E-state index contributed by atoms with van der Waals surface area (Å²) in [5.74, 6) is 0.547. The highest BCUT2D eigenvalue weighted by Crippen LogP contribution is 2.66. The van der Waals surface area contributed by atoms with Crippen molar-refractivity contribution >= 4 is 0 Å². The Labute approximate surface area is 155 Å². The molecule has 1 fully saturated rings. The fourth-order valence-corrected chi connectivity index (χ4v) is 6.21.